The summed E-state index contributed by atoms with van der Waals surface area (Å²) in [5.74, 6) is -0.202. The normalized spacial score (nSPS) is 16.5. The van der Waals surface area contributed by atoms with Gasteiger partial charge in [0.2, 0.25) is 5.78 Å². The van der Waals surface area contributed by atoms with Gasteiger partial charge in [-0.3, -0.25) is 4.79 Å². The fourth-order valence-corrected chi connectivity index (χ4v) is 2.44. The van der Waals surface area contributed by atoms with Crippen LogP contribution in [-0.4, -0.2) is 47.1 Å². The van der Waals surface area contributed by atoms with E-state index in [1.807, 2.05) is 0 Å². The Hall–Kier alpha value is -2.31. The van der Waals surface area contributed by atoms with Gasteiger partial charge >= 0.3 is 0 Å². The van der Waals surface area contributed by atoms with Crippen molar-refractivity contribution in [2.75, 3.05) is 35.5 Å². The third-order valence-electron chi connectivity index (χ3n) is 3.73. The lowest BCUT2D eigenvalue weighted by molar-refractivity contribution is -0.181. The first-order valence-corrected chi connectivity index (χ1v) is 6.91. The first-order valence-electron chi connectivity index (χ1n) is 6.91. The Morgan fingerprint density at radius 2 is 1.61 bits per heavy atom. The number of allylic oxidation sites excluding steroid dienone is 1. The Morgan fingerprint density at radius 3 is 2.13 bits per heavy atom. The third-order valence-corrected chi connectivity index (χ3v) is 3.73. The zero-order chi connectivity index (χ0) is 17.0. The number of carbonyl (C=O) groups excluding carboxylic acids is 1. The predicted octanol–water partition coefficient (Wildman–Crippen LogP) is 2.19. The van der Waals surface area contributed by atoms with E-state index >= 15 is 0 Å². The molecule has 6 nitrogen and oxygen atoms in total. The first-order chi connectivity index (χ1) is 11.0. The average Bonchev–Trinajstić information content (AvgIpc) is 2.61. The lowest BCUT2D eigenvalue weighted by Gasteiger charge is -2.30. The van der Waals surface area contributed by atoms with E-state index in [1.54, 1.807) is 38.5 Å². The van der Waals surface area contributed by atoms with Crippen LogP contribution in [0.3, 0.4) is 0 Å². The van der Waals surface area contributed by atoms with Crippen LogP contribution in [0.5, 0.6) is 11.5 Å². The van der Waals surface area contributed by atoms with Gasteiger partial charge in [0, 0.05) is 31.4 Å². The number of hydrogen-bond acceptors (Lipinski definition) is 6. The van der Waals surface area contributed by atoms with Crippen LogP contribution in [0.25, 0.3) is 5.57 Å². The van der Waals surface area contributed by atoms with E-state index in [9.17, 15) is 4.79 Å². The highest BCUT2D eigenvalue weighted by Gasteiger charge is 2.40. The minimum absolute atomic E-state index is 0.357. The zero-order valence-electron chi connectivity index (χ0n) is 13.8. The summed E-state index contributed by atoms with van der Waals surface area (Å²) in [4.78, 5) is 12.3. The monoisotopic (exact) mass is 320 g/mol. The molecule has 1 aromatic rings. The topological polar surface area (TPSA) is 63.2 Å². The number of benzene rings is 1. The highest BCUT2D eigenvalue weighted by molar-refractivity contribution is 6.05. The SMILES string of the molecule is COC1=CC(=O)C(OC)(OC)C=C1c1cc(OC)ccc1OC. The summed E-state index contributed by atoms with van der Waals surface area (Å²) in [6.07, 6.45) is 2.92. The molecule has 0 aromatic heterocycles. The van der Waals surface area contributed by atoms with Crippen LogP contribution in [-0.2, 0) is 19.0 Å². The molecule has 6 heteroatoms. The molecule has 0 saturated carbocycles. The van der Waals surface area contributed by atoms with Gasteiger partial charge in [-0.1, -0.05) is 0 Å². The Bertz CT molecular complexity index is 655. The molecule has 0 aliphatic heterocycles. The number of ether oxygens (including phenoxy) is 5. The Labute approximate surface area is 135 Å². The molecule has 1 aromatic carbocycles. The van der Waals surface area contributed by atoms with Crippen LogP contribution in [0.4, 0.5) is 0 Å². The van der Waals surface area contributed by atoms with Gasteiger partial charge in [-0.05, 0) is 24.3 Å². The second kappa shape index (κ2) is 6.85. The van der Waals surface area contributed by atoms with Crippen molar-refractivity contribution in [3.05, 3.63) is 41.7 Å². The summed E-state index contributed by atoms with van der Waals surface area (Å²) in [6, 6.07) is 5.36. The Morgan fingerprint density at radius 1 is 0.913 bits per heavy atom. The van der Waals surface area contributed by atoms with Gasteiger partial charge in [-0.2, -0.15) is 0 Å². The minimum atomic E-state index is -1.49. The molecular weight excluding hydrogens is 300 g/mol. The molecule has 0 spiro atoms. The maximum absolute atomic E-state index is 12.3. The minimum Gasteiger partial charge on any atom is -0.497 e. The van der Waals surface area contributed by atoms with E-state index in [-0.39, 0.29) is 5.78 Å². The molecule has 0 fully saturated rings. The quantitative estimate of drug-likeness (QED) is 0.749. The highest BCUT2D eigenvalue weighted by atomic mass is 16.7. The number of carbonyl (C=O) groups is 1. The van der Waals surface area contributed by atoms with E-state index in [1.165, 1.54) is 27.4 Å². The van der Waals surface area contributed by atoms with Gasteiger partial charge in [0.25, 0.3) is 5.79 Å². The summed E-state index contributed by atoms with van der Waals surface area (Å²) in [6.45, 7) is 0. The molecule has 1 aliphatic carbocycles. The van der Waals surface area contributed by atoms with Crippen LogP contribution in [0.15, 0.2) is 36.1 Å². The number of methoxy groups -OCH3 is 5. The van der Waals surface area contributed by atoms with Crippen molar-refractivity contribution < 1.29 is 28.5 Å². The molecule has 0 heterocycles. The van der Waals surface area contributed by atoms with Crippen LogP contribution >= 0.6 is 0 Å². The van der Waals surface area contributed by atoms with Crippen molar-refractivity contribution in [3.8, 4) is 11.5 Å². The van der Waals surface area contributed by atoms with Crippen LogP contribution in [0, 0.1) is 0 Å². The molecule has 2 rings (SSSR count). The summed E-state index contributed by atoms with van der Waals surface area (Å²) >= 11 is 0. The lowest BCUT2D eigenvalue weighted by Crippen LogP contribution is -2.42. The number of rotatable bonds is 6. The van der Waals surface area contributed by atoms with Crippen LogP contribution in [0.1, 0.15) is 5.56 Å². The van der Waals surface area contributed by atoms with Crippen molar-refractivity contribution in [1.82, 2.24) is 0 Å². The summed E-state index contributed by atoms with van der Waals surface area (Å²) < 4.78 is 26.6. The van der Waals surface area contributed by atoms with Crippen LogP contribution < -0.4 is 9.47 Å². The summed E-state index contributed by atoms with van der Waals surface area (Å²) in [7, 11) is 7.45. The molecule has 0 amide bonds. The van der Waals surface area contributed by atoms with Crippen molar-refractivity contribution in [3.63, 3.8) is 0 Å². The van der Waals surface area contributed by atoms with E-state index in [2.05, 4.69) is 0 Å². The fraction of sp³-hybridized carbons (Fsp3) is 0.353. The predicted molar refractivity (Wildman–Crippen MR) is 84.4 cm³/mol. The van der Waals surface area contributed by atoms with Crippen molar-refractivity contribution in [2.45, 2.75) is 5.79 Å². The molecule has 124 valence electrons. The second-order valence-electron chi connectivity index (χ2n) is 4.78. The maximum Gasteiger partial charge on any atom is 0.254 e. The molecule has 0 atom stereocenters. The molecule has 0 unspecified atom stereocenters. The maximum atomic E-state index is 12.3. The van der Waals surface area contributed by atoms with Crippen molar-refractivity contribution in [1.29, 1.82) is 0 Å². The largest absolute Gasteiger partial charge is 0.497 e. The number of ketones is 1. The highest BCUT2D eigenvalue weighted by Crippen LogP contribution is 2.39. The standard InChI is InChI=1S/C17H20O6/c1-19-11-6-7-14(20-2)12(8-11)13-10-17(22-4,23-5)16(18)9-15(13)21-3/h6-10H,1-5H3. The van der Waals surface area contributed by atoms with E-state index in [0.717, 1.165) is 0 Å². The van der Waals surface area contributed by atoms with E-state index in [4.69, 9.17) is 23.7 Å². The van der Waals surface area contributed by atoms with Gasteiger partial charge < -0.3 is 23.7 Å². The molecule has 0 bridgehead atoms. The van der Waals surface area contributed by atoms with Gasteiger partial charge in [-0.25, -0.2) is 0 Å². The molecule has 0 N–H and O–H groups in total. The smallest absolute Gasteiger partial charge is 0.254 e. The van der Waals surface area contributed by atoms with Crippen molar-refractivity contribution >= 4 is 11.4 Å². The molecule has 0 radical (unpaired) electrons. The molecule has 1 aliphatic rings. The Balaban J connectivity index is 2.67. The van der Waals surface area contributed by atoms with Crippen molar-refractivity contribution in [2.24, 2.45) is 0 Å². The molecular formula is C17H20O6. The van der Waals surface area contributed by atoms with E-state index in [0.29, 0.717) is 28.4 Å². The van der Waals surface area contributed by atoms with E-state index < -0.39 is 5.79 Å². The average molecular weight is 320 g/mol. The fourth-order valence-electron chi connectivity index (χ4n) is 2.44. The van der Waals surface area contributed by atoms with Gasteiger partial charge in [0.1, 0.15) is 17.3 Å². The lowest BCUT2D eigenvalue weighted by atomic mass is 9.92. The molecule has 23 heavy (non-hydrogen) atoms. The zero-order valence-corrected chi connectivity index (χ0v) is 13.8. The Kier molecular flexibility index (Phi) is 5.08. The second-order valence-corrected chi connectivity index (χ2v) is 4.78. The van der Waals surface area contributed by atoms with Gasteiger partial charge in [0.05, 0.1) is 21.3 Å². The first kappa shape index (κ1) is 17.1. The van der Waals surface area contributed by atoms with Gasteiger partial charge in [-0.15, -0.1) is 0 Å². The summed E-state index contributed by atoms with van der Waals surface area (Å²) in [5, 5.41) is 0. The third kappa shape index (κ3) is 2.95. The van der Waals surface area contributed by atoms with Gasteiger partial charge in [0.15, 0.2) is 0 Å². The summed E-state index contributed by atoms with van der Waals surface area (Å²) in [5.41, 5.74) is 1.32. The molecule has 0 saturated heterocycles. The van der Waals surface area contributed by atoms with Crippen LogP contribution in [0.2, 0.25) is 0 Å². The number of hydrogen-bond donors (Lipinski definition) is 0.